The minimum atomic E-state index is -0.636. The number of hydrogen-bond acceptors (Lipinski definition) is 8. The van der Waals surface area contributed by atoms with Crippen molar-refractivity contribution in [2.75, 3.05) is 26.2 Å². The Hall–Kier alpha value is -6.90. The van der Waals surface area contributed by atoms with E-state index >= 15 is 0 Å². The third kappa shape index (κ3) is 15.5. The Kier molecular flexibility index (Phi) is 20.5. The molecular weight excluding hydrogens is 929 g/mol. The maximum absolute atomic E-state index is 14.1. The smallest absolute Gasteiger partial charge is 0.290 e. The largest absolute Gasteiger partial charge is 0.488 e. The number of hydrogen-bond donors (Lipinski definition) is 2. The van der Waals surface area contributed by atoms with Crippen molar-refractivity contribution in [2.45, 2.75) is 106 Å². The van der Waals surface area contributed by atoms with E-state index in [1.165, 1.54) is 37.1 Å². The molecule has 2 heterocycles. The lowest BCUT2D eigenvalue weighted by Gasteiger charge is -2.27. The molecule has 2 fully saturated rings. The summed E-state index contributed by atoms with van der Waals surface area (Å²) in [5, 5.41) is 13.8. The van der Waals surface area contributed by atoms with Gasteiger partial charge in [0.25, 0.3) is 12.9 Å². The van der Waals surface area contributed by atoms with E-state index in [-0.39, 0.29) is 26.2 Å². The number of carbonyl (C=O) groups is 2. The van der Waals surface area contributed by atoms with Gasteiger partial charge in [0, 0.05) is 48.5 Å². The predicted octanol–water partition coefficient (Wildman–Crippen LogP) is 12.8. The summed E-state index contributed by atoms with van der Waals surface area (Å²) in [5.41, 5.74) is 11.3. The normalized spacial score (nSPS) is 13.7. The first-order chi connectivity index (χ1) is 34.8. The van der Waals surface area contributed by atoms with Crippen LogP contribution in [0.5, 0.6) is 23.0 Å². The van der Waals surface area contributed by atoms with Gasteiger partial charge in [0.1, 0.15) is 72.7 Å². The SMILES string of the molecule is Cc1cc(CN2CCCCC2)c(OCc2cc(F)cc(F)c2)cc1OCc1cccc(-c2cccc(COc3cc(OCc4cc(F)cc(F)c4)c(CN4CCCCC4)cc3C)c2C)c1C.O=CO.O=CO. The van der Waals surface area contributed by atoms with E-state index in [2.05, 4.69) is 72.2 Å². The Morgan fingerprint density at radius 3 is 1.12 bits per heavy atom. The number of halogens is 4. The molecule has 6 aromatic rings. The second-order valence-corrected chi connectivity index (χ2v) is 18.2. The first-order valence-electron chi connectivity index (χ1n) is 24.2. The number of benzene rings is 6. The molecule has 0 radical (unpaired) electrons. The molecule has 0 aliphatic carbocycles. The summed E-state index contributed by atoms with van der Waals surface area (Å²) in [5.74, 6) is 0.103. The second kappa shape index (κ2) is 27.1. The summed E-state index contributed by atoms with van der Waals surface area (Å²) < 4.78 is 81.9. The maximum atomic E-state index is 14.1. The van der Waals surface area contributed by atoms with Crippen molar-refractivity contribution >= 4 is 12.9 Å². The van der Waals surface area contributed by atoms with Gasteiger partial charge in [-0.2, -0.15) is 0 Å². The van der Waals surface area contributed by atoms with Gasteiger partial charge in [-0.05, 0) is 172 Å². The van der Waals surface area contributed by atoms with Gasteiger partial charge in [-0.3, -0.25) is 19.4 Å². The van der Waals surface area contributed by atoms with E-state index in [0.29, 0.717) is 47.3 Å². The number of nitrogens with zero attached hydrogens (tertiary/aromatic N) is 2. The summed E-state index contributed by atoms with van der Waals surface area (Å²) in [6.07, 6.45) is 7.10. The number of carboxylic acid groups (broad SMARTS) is 2. The van der Waals surface area contributed by atoms with Gasteiger partial charge in [-0.25, -0.2) is 17.6 Å². The van der Waals surface area contributed by atoms with Crippen LogP contribution >= 0.6 is 0 Å². The van der Waals surface area contributed by atoms with Crippen LogP contribution in [0.4, 0.5) is 17.6 Å². The molecule has 0 atom stereocenters. The minimum Gasteiger partial charge on any atom is -0.488 e. The highest BCUT2D eigenvalue weighted by Crippen LogP contribution is 2.36. The van der Waals surface area contributed by atoms with E-state index in [1.807, 2.05) is 26.0 Å². The highest BCUT2D eigenvalue weighted by molar-refractivity contribution is 5.72. The zero-order chi connectivity index (χ0) is 51.6. The van der Waals surface area contributed by atoms with Crippen LogP contribution in [0.25, 0.3) is 11.1 Å². The lowest BCUT2D eigenvalue weighted by Crippen LogP contribution is -2.29. The Labute approximate surface area is 419 Å². The van der Waals surface area contributed by atoms with Crippen molar-refractivity contribution in [1.82, 2.24) is 9.80 Å². The van der Waals surface area contributed by atoms with Crippen LogP contribution in [0.15, 0.2) is 97.1 Å². The fourth-order valence-corrected chi connectivity index (χ4v) is 9.29. The molecule has 2 aliphatic rings. The van der Waals surface area contributed by atoms with Crippen LogP contribution in [0.1, 0.15) is 94.2 Å². The maximum Gasteiger partial charge on any atom is 0.290 e. The molecule has 0 saturated carbocycles. The molecule has 14 heteroatoms. The first-order valence-corrected chi connectivity index (χ1v) is 24.2. The van der Waals surface area contributed by atoms with E-state index in [4.69, 9.17) is 38.7 Å². The third-order valence-corrected chi connectivity index (χ3v) is 13.0. The van der Waals surface area contributed by atoms with Crippen molar-refractivity contribution in [1.29, 1.82) is 0 Å². The quantitative estimate of drug-likeness (QED) is 0.0675. The highest BCUT2D eigenvalue weighted by Gasteiger charge is 2.20. The van der Waals surface area contributed by atoms with E-state index in [9.17, 15) is 17.6 Å². The average Bonchev–Trinajstić information content (AvgIpc) is 3.34. The second-order valence-electron chi connectivity index (χ2n) is 18.2. The fourth-order valence-electron chi connectivity index (χ4n) is 9.29. The van der Waals surface area contributed by atoms with Crippen molar-refractivity contribution in [3.05, 3.63) is 176 Å². The minimum absolute atomic E-state index is 0.0241. The van der Waals surface area contributed by atoms with Crippen molar-refractivity contribution in [3.63, 3.8) is 0 Å². The summed E-state index contributed by atoms with van der Waals surface area (Å²) in [6, 6.07) is 27.5. The van der Waals surface area contributed by atoms with Gasteiger partial charge < -0.3 is 29.2 Å². The third-order valence-electron chi connectivity index (χ3n) is 13.0. The monoisotopic (exact) mass is 992 g/mol. The van der Waals surface area contributed by atoms with Gasteiger partial charge in [0.05, 0.1) is 0 Å². The molecule has 0 amide bonds. The van der Waals surface area contributed by atoms with Gasteiger partial charge >= 0.3 is 0 Å². The lowest BCUT2D eigenvalue weighted by molar-refractivity contribution is -0.123. The molecule has 10 nitrogen and oxygen atoms in total. The summed E-state index contributed by atoms with van der Waals surface area (Å²) in [6.45, 7) is 14.0. The summed E-state index contributed by atoms with van der Waals surface area (Å²) in [7, 11) is 0. The molecule has 0 unspecified atom stereocenters. The average molecular weight is 993 g/mol. The van der Waals surface area contributed by atoms with E-state index < -0.39 is 23.3 Å². The Morgan fingerprint density at radius 1 is 0.444 bits per heavy atom. The standard InChI is InChI=1S/C56H60F4N2O4.2CH2O2/c1-37-21-45(31-61-17-7-5-8-18-61)55(63-33-41-23-47(57)27-48(58)24-41)29-53(37)65-35-43-13-11-15-51(39(43)3)52-16-12-14-44(40(52)4)36-66-54-30-56(64-34-42-25-49(59)28-50(60)26-42)46(22-38(54)2)32-62-19-9-6-10-20-62;2*2-1-3/h11-16,21-30H,5-10,17-20,31-36H2,1-4H3;2*1H,(H,2,3). The molecule has 382 valence electrons. The first kappa shape index (κ1) is 54.4. The van der Waals surface area contributed by atoms with Crippen LogP contribution in [0, 0.1) is 51.0 Å². The van der Waals surface area contributed by atoms with E-state index in [1.54, 1.807) is 0 Å². The molecule has 0 bridgehead atoms. The van der Waals surface area contributed by atoms with Gasteiger partial charge in [-0.1, -0.05) is 49.2 Å². The molecule has 72 heavy (non-hydrogen) atoms. The zero-order valence-corrected chi connectivity index (χ0v) is 41.5. The number of aryl methyl sites for hydroxylation is 2. The van der Waals surface area contributed by atoms with E-state index in [0.717, 1.165) is 133 Å². The Morgan fingerprint density at radius 2 is 0.778 bits per heavy atom. The fraction of sp³-hybridized carbons (Fsp3) is 0.345. The number of piperidine rings is 2. The lowest BCUT2D eigenvalue weighted by atomic mass is 9.92. The topological polar surface area (TPSA) is 118 Å². The molecule has 2 N–H and O–H groups in total. The van der Waals surface area contributed by atoms with Gasteiger partial charge in [0.15, 0.2) is 0 Å². The van der Waals surface area contributed by atoms with Crippen LogP contribution in [0.2, 0.25) is 0 Å². The van der Waals surface area contributed by atoms with Crippen LogP contribution in [0.3, 0.4) is 0 Å². The Balaban J connectivity index is 0.00000134. The molecule has 2 saturated heterocycles. The molecule has 8 rings (SSSR count). The van der Waals surface area contributed by atoms with Crippen LogP contribution in [-0.2, 0) is 49.1 Å². The highest BCUT2D eigenvalue weighted by atomic mass is 19.1. The van der Waals surface area contributed by atoms with Crippen LogP contribution < -0.4 is 18.9 Å². The zero-order valence-electron chi connectivity index (χ0n) is 41.5. The van der Waals surface area contributed by atoms with Crippen LogP contribution in [-0.4, -0.2) is 59.1 Å². The molecule has 6 aromatic carbocycles. The van der Waals surface area contributed by atoms with Gasteiger partial charge in [-0.15, -0.1) is 0 Å². The molecule has 2 aliphatic heterocycles. The molecular formula is C58H64F4N2O8. The summed E-state index contributed by atoms with van der Waals surface area (Å²) in [4.78, 5) is 21.6. The number of ether oxygens (including phenoxy) is 4. The number of rotatable bonds is 17. The van der Waals surface area contributed by atoms with Gasteiger partial charge in [0.2, 0.25) is 0 Å². The Bertz CT molecular complexity index is 2530. The predicted molar refractivity (Wildman–Crippen MR) is 269 cm³/mol. The van der Waals surface area contributed by atoms with Crippen molar-refractivity contribution in [3.8, 4) is 34.1 Å². The molecule has 0 aromatic heterocycles. The summed E-state index contributed by atoms with van der Waals surface area (Å²) >= 11 is 0. The van der Waals surface area contributed by atoms with Crippen molar-refractivity contribution < 1.29 is 56.3 Å². The molecule has 0 spiro atoms. The van der Waals surface area contributed by atoms with Crippen molar-refractivity contribution in [2.24, 2.45) is 0 Å². The number of likely N-dealkylation sites (tertiary alicyclic amines) is 2.